The van der Waals surface area contributed by atoms with Crippen LogP contribution >= 0.6 is 0 Å². The number of aromatic nitrogens is 1. The molecule has 0 saturated carbocycles. The Balaban J connectivity index is 1.39. The number of hydrogen-bond donors (Lipinski definition) is 1. The molecule has 2 atom stereocenters. The lowest BCUT2D eigenvalue weighted by atomic mass is 9.98. The Morgan fingerprint density at radius 1 is 1.13 bits per heavy atom. The fraction of sp³-hybridized carbons (Fsp3) is 0.292. The quantitative estimate of drug-likeness (QED) is 0.810. The Kier molecular flexibility index (Phi) is 4.63. The molecule has 1 fully saturated rings. The molecule has 1 aliphatic carbocycles. The summed E-state index contributed by atoms with van der Waals surface area (Å²) in [5, 5.41) is 13.9. The van der Waals surface area contributed by atoms with Crippen LogP contribution in [0, 0.1) is 17.2 Å². The van der Waals surface area contributed by atoms with Gasteiger partial charge in [-0.1, -0.05) is 42.5 Å². The summed E-state index contributed by atoms with van der Waals surface area (Å²) in [6, 6.07) is 9.90. The molecule has 7 heteroatoms. The summed E-state index contributed by atoms with van der Waals surface area (Å²) in [4.78, 5) is 29.7. The number of hydrogen-bond acceptors (Lipinski definition) is 5. The van der Waals surface area contributed by atoms with Crippen molar-refractivity contribution in [2.75, 3.05) is 31.1 Å². The third kappa shape index (κ3) is 3.12. The lowest BCUT2D eigenvalue weighted by Crippen LogP contribution is -2.50. The Bertz CT molecular complexity index is 1260. The van der Waals surface area contributed by atoms with Gasteiger partial charge in [0.15, 0.2) is 0 Å². The maximum atomic E-state index is 13.0. The second kappa shape index (κ2) is 7.47. The highest BCUT2D eigenvalue weighted by molar-refractivity contribution is 5.96. The van der Waals surface area contributed by atoms with E-state index in [1.807, 2.05) is 47.4 Å². The number of amides is 1. The zero-order valence-corrected chi connectivity index (χ0v) is 17.3. The summed E-state index contributed by atoms with van der Waals surface area (Å²) in [6.45, 7) is 2.20. The molecular weight excluding hydrogens is 390 g/mol. The average molecular weight is 413 g/mol. The fourth-order valence-corrected chi connectivity index (χ4v) is 4.69. The van der Waals surface area contributed by atoms with Crippen LogP contribution in [-0.2, 0) is 11.8 Å². The summed E-state index contributed by atoms with van der Waals surface area (Å²) in [6.07, 6.45) is 10.2. The van der Waals surface area contributed by atoms with Crippen LogP contribution in [0.4, 0.5) is 5.69 Å². The van der Waals surface area contributed by atoms with E-state index in [9.17, 15) is 14.9 Å². The normalized spacial score (nSPS) is 22.1. The highest BCUT2D eigenvalue weighted by atomic mass is 16.2. The van der Waals surface area contributed by atoms with Crippen molar-refractivity contribution in [3.63, 3.8) is 0 Å². The smallest absolute Gasteiger partial charge is 0.270 e. The number of fused-ring (bicyclic) bond motifs is 2. The molecule has 0 radical (unpaired) electrons. The van der Waals surface area contributed by atoms with Gasteiger partial charge in [0, 0.05) is 44.5 Å². The number of rotatable bonds is 2. The second-order valence-electron chi connectivity index (χ2n) is 8.09. The van der Waals surface area contributed by atoms with Crippen molar-refractivity contribution in [1.82, 2.24) is 14.8 Å². The highest BCUT2D eigenvalue weighted by Gasteiger charge is 2.32. The van der Waals surface area contributed by atoms with Crippen molar-refractivity contribution in [2.45, 2.75) is 6.04 Å². The van der Waals surface area contributed by atoms with Gasteiger partial charge in [0.05, 0.1) is 22.9 Å². The molecular formula is C24H23N5O2. The molecule has 1 saturated heterocycles. The zero-order valence-electron chi connectivity index (χ0n) is 17.3. The number of carbonyl (C=O) groups is 1. The predicted octanol–water partition coefficient (Wildman–Crippen LogP) is 1.66. The molecule has 156 valence electrons. The van der Waals surface area contributed by atoms with Gasteiger partial charge in [-0.2, -0.15) is 5.26 Å². The monoisotopic (exact) mass is 413 g/mol. The molecule has 0 bridgehead atoms. The van der Waals surface area contributed by atoms with E-state index in [4.69, 9.17) is 0 Å². The summed E-state index contributed by atoms with van der Waals surface area (Å²) >= 11 is 0. The molecule has 31 heavy (non-hydrogen) atoms. The van der Waals surface area contributed by atoms with E-state index < -0.39 is 0 Å². The highest BCUT2D eigenvalue weighted by Crippen LogP contribution is 2.30. The first kappa shape index (κ1) is 19.2. The maximum Gasteiger partial charge on any atom is 0.270 e. The van der Waals surface area contributed by atoms with Gasteiger partial charge in [-0.05, 0) is 12.1 Å². The Labute approximate surface area is 180 Å². The number of nitriles is 1. The molecule has 2 aromatic rings. The van der Waals surface area contributed by atoms with Gasteiger partial charge in [0.25, 0.3) is 11.5 Å². The van der Waals surface area contributed by atoms with Crippen molar-refractivity contribution in [2.24, 2.45) is 13.0 Å². The van der Waals surface area contributed by atoms with Gasteiger partial charge in [-0.25, -0.2) is 0 Å². The topological polar surface area (TPSA) is 81.4 Å². The first-order valence-corrected chi connectivity index (χ1v) is 10.5. The van der Waals surface area contributed by atoms with Crippen LogP contribution in [0.3, 0.4) is 0 Å². The number of nitrogens with one attached hydrogen (secondary N) is 1. The van der Waals surface area contributed by atoms with E-state index in [0.29, 0.717) is 37.6 Å². The third-order valence-corrected chi connectivity index (χ3v) is 6.36. The minimum atomic E-state index is -0.293. The molecule has 1 N–H and O–H groups in total. The molecule has 3 aliphatic rings. The first-order chi connectivity index (χ1) is 15.1. The van der Waals surface area contributed by atoms with Crippen LogP contribution in [0.25, 0.3) is 10.9 Å². The van der Waals surface area contributed by atoms with Gasteiger partial charge >= 0.3 is 0 Å². The number of carbonyl (C=O) groups excluding carboxylic acids is 1. The largest absolute Gasteiger partial charge is 0.374 e. The molecule has 1 aromatic heterocycles. The number of anilines is 1. The van der Waals surface area contributed by atoms with Crippen LogP contribution in [0.1, 0.15) is 5.56 Å². The second-order valence-corrected chi connectivity index (χ2v) is 8.09. The summed E-state index contributed by atoms with van der Waals surface area (Å²) < 4.78 is 1.53. The van der Waals surface area contributed by atoms with Gasteiger partial charge in [-0.15, -0.1) is 0 Å². The third-order valence-electron chi connectivity index (χ3n) is 6.36. The maximum absolute atomic E-state index is 13.0. The number of nitrogens with zero attached hydrogens (tertiary/aromatic N) is 4. The van der Waals surface area contributed by atoms with Crippen LogP contribution in [0.15, 0.2) is 65.1 Å². The minimum Gasteiger partial charge on any atom is -0.374 e. The van der Waals surface area contributed by atoms with E-state index in [1.165, 1.54) is 4.57 Å². The summed E-state index contributed by atoms with van der Waals surface area (Å²) in [5.74, 6) is 0.223. The van der Waals surface area contributed by atoms with E-state index in [-0.39, 0.29) is 29.0 Å². The van der Waals surface area contributed by atoms with Crippen molar-refractivity contribution in [3.8, 4) is 6.07 Å². The lowest BCUT2D eigenvalue weighted by Gasteiger charge is -2.37. The predicted molar refractivity (Wildman–Crippen MR) is 119 cm³/mol. The van der Waals surface area contributed by atoms with Crippen LogP contribution < -0.4 is 15.8 Å². The van der Waals surface area contributed by atoms with Crippen LogP contribution in [0.5, 0.6) is 0 Å². The van der Waals surface area contributed by atoms with Crippen molar-refractivity contribution < 1.29 is 4.79 Å². The Morgan fingerprint density at radius 3 is 2.61 bits per heavy atom. The van der Waals surface area contributed by atoms with Gasteiger partial charge in [-0.3, -0.25) is 9.59 Å². The van der Waals surface area contributed by atoms with Gasteiger partial charge in [0.2, 0.25) is 0 Å². The standard InChI is InChI=1S/C24H23N5O2/c1-27-21-9-5-3-7-17(21)22(18(15-25)23(27)30)28-10-12-29(13-11-28)24(31)20-14-16-6-2-4-8-19(16)26-20/h2-9,14,16,19,26H,10-13H2,1H3. The number of aryl methyl sites for hydroxylation is 1. The van der Waals surface area contributed by atoms with E-state index >= 15 is 0 Å². The average Bonchev–Trinajstić information content (AvgIpc) is 3.25. The van der Waals surface area contributed by atoms with Crippen molar-refractivity contribution in [3.05, 3.63) is 76.3 Å². The minimum absolute atomic E-state index is 0.00481. The van der Waals surface area contributed by atoms with Gasteiger partial charge < -0.3 is 19.7 Å². The van der Waals surface area contributed by atoms with Crippen LogP contribution in [0.2, 0.25) is 0 Å². The zero-order chi connectivity index (χ0) is 21.5. The van der Waals surface area contributed by atoms with Crippen LogP contribution in [-0.4, -0.2) is 47.6 Å². The van der Waals surface area contributed by atoms with E-state index in [0.717, 1.165) is 10.9 Å². The number of benzene rings is 1. The molecule has 2 aliphatic heterocycles. The first-order valence-electron chi connectivity index (χ1n) is 10.5. The number of piperazine rings is 1. The van der Waals surface area contributed by atoms with E-state index in [1.54, 1.807) is 7.05 Å². The molecule has 3 heterocycles. The molecule has 1 amide bonds. The van der Waals surface area contributed by atoms with Crippen molar-refractivity contribution in [1.29, 1.82) is 5.26 Å². The molecule has 2 unspecified atom stereocenters. The Morgan fingerprint density at radius 2 is 1.87 bits per heavy atom. The SMILES string of the molecule is Cn1c(=O)c(C#N)c(N2CCN(C(=O)C3=CC4C=CC=CC4N3)CC2)c2ccccc21. The summed E-state index contributed by atoms with van der Waals surface area (Å²) in [5.41, 5.74) is 1.98. The van der Waals surface area contributed by atoms with E-state index in [2.05, 4.69) is 28.4 Å². The summed E-state index contributed by atoms with van der Waals surface area (Å²) in [7, 11) is 1.69. The number of para-hydroxylation sites is 1. The Hall–Kier alpha value is -3.79. The number of pyridine rings is 1. The fourth-order valence-electron chi connectivity index (χ4n) is 4.69. The molecule has 5 rings (SSSR count). The molecule has 7 nitrogen and oxygen atoms in total. The lowest BCUT2D eigenvalue weighted by molar-refractivity contribution is -0.127. The number of allylic oxidation sites excluding steroid dienone is 2. The molecule has 0 spiro atoms. The van der Waals surface area contributed by atoms with Crippen molar-refractivity contribution >= 4 is 22.5 Å². The van der Waals surface area contributed by atoms with Gasteiger partial charge in [0.1, 0.15) is 11.6 Å². The molecule has 1 aromatic carbocycles.